The summed E-state index contributed by atoms with van der Waals surface area (Å²) in [4.78, 5) is 12.5. The van der Waals surface area contributed by atoms with Gasteiger partial charge in [-0.25, -0.2) is 13.1 Å². The largest absolute Gasteiger partial charge is 0.633 e. The number of anilines is 2. The molecule has 0 radical (unpaired) electrons. The molecule has 3 heterocycles. The van der Waals surface area contributed by atoms with Crippen molar-refractivity contribution in [2.24, 2.45) is 0 Å². The van der Waals surface area contributed by atoms with Crippen LogP contribution in [0.25, 0.3) is 0 Å². The number of hydroxylamine groups is 3. The van der Waals surface area contributed by atoms with Crippen LogP contribution in [0.1, 0.15) is 0 Å². The fourth-order valence-corrected chi connectivity index (χ4v) is 4.83. The van der Waals surface area contributed by atoms with Gasteiger partial charge in [0, 0.05) is 0 Å². The van der Waals surface area contributed by atoms with Gasteiger partial charge < -0.3 is 25.4 Å². The van der Waals surface area contributed by atoms with E-state index in [0.717, 1.165) is 4.68 Å². The van der Waals surface area contributed by atoms with Gasteiger partial charge in [-0.05, 0) is 12.1 Å². The lowest BCUT2D eigenvalue weighted by molar-refractivity contribution is -0.889. The molecule has 154 valence electrons. The van der Waals surface area contributed by atoms with Crippen molar-refractivity contribution in [3.8, 4) is 0 Å². The zero-order valence-corrected chi connectivity index (χ0v) is 16.5. The Labute approximate surface area is 167 Å². The van der Waals surface area contributed by atoms with Crippen molar-refractivity contribution in [1.29, 1.82) is 0 Å². The Morgan fingerprint density at radius 2 is 1.89 bits per heavy atom. The third kappa shape index (κ3) is 3.77. The molecule has 10 nitrogen and oxygen atoms in total. The second-order valence-corrected chi connectivity index (χ2v) is 8.24. The molecule has 0 amide bonds. The highest BCUT2D eigenvalue weighted by atomic mass is 35.5. The van der Waals surface area contributed by atoms with Crippen LogP contribution in [0.2, 0.25) is 0 Å². The number of fused-ring (bicyclic) bond motifs is 2. The van der Waals surface area contributed by atoms with E-state index in [9.17, 15) is 18.4 Å². The lowest BCUT2D eigenvalue weighted by Gasteiger charge is -2.45. The van der Waals surface area contributed by atoms with E-state index in [1.807, 2.05) is 0 Å². The lowest BCUT2D eigenvalue weighted by atomic mass is 10.3. The fourth-order valence-electron chi connectivity index (χ4n) is 3.21. The van der Waals surface area contributed by atoms with Gasteiger partial charge in [-0.15, -0.1) is 12.4 Å². The van der Waals surface area contributed by atoms with Gasteiger partial charge in [0.2, 0.25) is 9.84 Å². The number of ether oxygens (including phenoxy) is 1. The van der Waals surface area contributed by atoms with Gasteiger partial charge in [-0.2, -0.15) is 5.10 Å². The number of quaternary nitrogens is 1. The van der Waals surface area contributed by atoms with Gasteiger partial charge in [0.05, 0.1) is 48.8 Å². The molecular formula is C16H21ClN4O6S. The Balaban J connectivity index is 0.00000140. The Hall–Kier alpha value is -2.02. The SMILES string of the molecule is Cl.O.O=c1c2c(cnn1CC[N+]1([O-])CCOCC1)Nc1ccccc1S2(=O)=O. The second-order valence-electron chi connectivity index (χ2n) is 6.38. The van der Waals surface area contributed by atoms with Crippen LogP contribution in [0.5, 0.6) is 0 Å². The van der Waals surface area contributed by atoms with E-state index in [1.54, 1.807) is 18.2 Å². The average Bonchev–Trinajstić information content (AvgIpc) is 2.61. The van der Waals surface area contributed by atoms with Gasteiger partial charge in [-0.1, -0.05) is 12.1 Å². The molecule has 4 rings (SSSR count). The molecule has 1 aromatic carbocycles. The van der Waals surface area contributed by atoms with E-state index in [1.165, 1.54) is 12.3 Å². The topological polar surface area (TPSA) is 145 Å². The Morgan fingerprint density at radius 1 is 1.21 bits per heavy atom. The van der Waals surface area contributed by atoms with Gasteiger partial charge >= 0.3 is 0 Å². The maximum atomic E-state index is 12.9. The normalized spacial score (nSPS) is 18.5. The minimum absolute atomic E-state index is 0. The summed E-state index contributed by atoms with van der Waals surface area (Å²) in [5.41, 5.74) is -0.150. The van der Waals surface area contributed by atoms with Crippen molar-refractivity contribution in [1.82, 2.24) is 9.78 Å². The highest BCUT2D eigenvalue weighted by Crippen LogP contribution is 2.36. The molecule has 1 aromatic heterocycles. The number of hydrogen-bond donors (Lipinski definition) is 1. The lowest BCUT2D eigenvalue weighted by Crippen LogP contribution is -2.52. The summed E-state index contributed by atoms with van der Waals surface area (Å²) in [5.74, 6) is 0. The van der Waals surface area contributed by atoms with Crippen LogP contribution in [0, 0.1) is 5.21 Å². The van der Waals surface area contributed by atoms with Crippen LogP contribution in [-0.4, -0.2) is 61.2 Å². The molecular weight excluding hydrogens is 412 g/mol. The molecule has 1 saturated heterocycles. The summed E-state index contributed by atoms with van der Waals surface area (Å²) >= 11 is 0. The summed E-state index contributed by atoms with van der Waals surface area (Å²) in [6.45, 7) is 1.57. The molecule has 0 bridgehead atoms. The van der Waals surface area contributed by atoms with E-state index in [0.29, 0.717) is 32.0 Å². The number of morpholine rings is 1. The number of benzene rings is 1. The van der Waals surface area contributed by atoms with Crippen molar-refractivity contribution >= 4 is 33.6 Å². The molecule has 0 atom stereocenters. The standard InChI is InChI=1S/C16H18N4O5S.ClH.H2O/c21-16-15-13(18-12-3-1-2-4-14(12)26(15,23)24)11-17-19(16)5-6-20(22)7-9-25-10-8-20;;/h1-4,11,18H,5-10H2;1H;1H2. The van der Waals surface area contributed by atoms with E-state index in [-0.39, 0.29) is 46.5 Å². The smallest absolute Gasteiger partial charge is 0.288 e. The molecule has 2 aliphatic rings. The number of halogens is 1. The van der Waals surface area contributed by atoms with Crippen molar-refractivity contribution in [2.45, 2.75) is 16.3 Å². The van der Waals surface area contributed by atoms with Crippen LogP contribution in [0.3, 0.4) is 0 Å². The molecule has 0 saturated carbocycles. The fraction of sp³-hybridized carbons (Fsp3) is 0.375. The van der Waals surface area contributed by atoms with Crippen LogP contribution < -0.4 is 10.9 Å². The number of nitrogens with one attached hydrogen (secondary N) is 1. The number of para-hydroxylation sites is 1. The Morgan fingerprint density at radius 3 is 2.61 bits per heavy atom. The van der Waals surface area contributed by atoms with Gasteiger partial charge in [0.15, 0.2) is 4.90 Å². The van der Waals surface area contributed by atoms with Crippen LogP contribution >= 0.6 is 12.4 Å². The van der Waals surface area contributed by atoms with E-state index >= 15 is 0 Å². The van der Waals surface area contributed by atoms with Crippen molar-refractivity contribution in [3.05, 3.63) is 46.0 Å². The molecule has 28 heavy (non-hydrogen) atoms. The zero-order valence-electron chi connectivity index (χ0n) is 14.8. The van der Waals surface area contributed by atoms with Crippen LogP contribution in [0.15, 0.2) is 45.0 Å². The predicted molar refractivity (Wildman–Crippen MR) is 104 cm³/mol. The molecule has 12 heteroatoms. The number of sulfone groups is 1. The second kappa shape index (κ2) is 8.15. The van der Waals surface area contributed by atoms with Gasteiger partial charge in [0.25, 0.3) is 5.56 Å². The van der Waals surface area contributed by atoms with Crippen molar-refractivity contribution in [3.63, 3.8) is 0 Å². The van der Waals surface area contributed by atoms with Crippen LogP contribution in [0.4, 0.5) is 11.4 Å². The summed E-state index contributed by atoms with van der Waals surface area (Å²) < 4.78 is 31.5. The number of nitrogens with zero attached hydrogens (tertiary/aromatic N) is 3. The van der Waals surface area contributed by atoms with Crippen molar-refractivity contribution < 1.29 is 23.3 Å². The Bertz CT molecular complexity index is 1020. The monoisotopic (exact) mass is 432 g/mol. The summed E-state index contributed by atoms with van der Waals surface area (Å²) in [5, 5.41) is 19.6. The number of hydrogen-bond acceptors (Lipinski definition) is 7. The first-order chi connectivity index (χ1) is 12.4. The summed E-state index contributed by atoms with van der Waals surface area (Å²) in [6, 6.07) is 6.40. The van der Waals surface area contributed by atoms with E-state index in [4.69, 9.17) is 4.74 Å². The molecule has 2 aliphatic heterocycles. The molecule has 0 aliphatic carbocycles. The third-order valence-corrected chi connectivity index (χ3v) is 6.59. The minimum atomic E-state index is -3.95. The van der Waals surface area contributed by atoms with E-state index in [2.05, 4.69) is 10.4 Å². The number of rotatable bonds is 3. The first kappa shape index (κ1) is 22.3. The van der Waals surface area contributed by atoms with Gasteiger partial charge in [0.1, 0.15) is 13.1 Å². The quantitative estimate of drug-likeness (QED) is 0.455. The average molecular weight is 433 g/mol. The maximum Gasteiger partial charge on any atom is 0.288 e. The first-order valence-corrected chi connectivity index (χ1v) is 9.75. The summed E-state index contributed by atoms with van der Waals surface area (Å²) in [7, 11) is -3.95. The third-order valence-electron chi connectivity index (χ3n) is 4.72. The molecule has 1 fully saturated rings. The van der Waals surface area contributed by atoms with Gasteiger partial charge in [-0.3, -0.25) is 4.79 Å². The molecule has 3 N–H and O–H groups in total. The number of aromatic nitrogens is 2. The zero-order chi connectivity index (χ0) is 18.4. The summed E-state index contributed by atoms with van der Waals surface area (Å²) in [6.07, 6.45) is 1.32. The Kier molecular flexibility index (Phi) is 6.48. The van der Waals surface area contributed by atoms with Crippen LogP contribution in [-0.2, 0) is 21.1 Å². The van der Waals surface area contributed by atoms with E-state index < -0.39 is 20.0 Å². The minimum Gasteiger partial charge on any atom is -0.633 e. The molecule has 2 aromatic rings. The molecule has 0 unspecified atom stereocenters. The highest BCUT2D eigenvalue weighted by molar-refractivity contribution is 7.92. The highest BCUT2D eigenvalue weighted by Gasteiger charge is 2.33. The molecule has 0 spiro atoms. The predicted octanol–water partition coefficient (Wildman–Crippen LogP) is 0.0750. The maximum absolute atomic E-state index is 12.9. The first-order valence-electron chi connectivity index (χ1n) is 8.27. The van der Waals surface area contributed by atoms with Crippen molar-refractivity contribution in [2.75, 3.05) is 38.2 Å².